The molecule has 0 rings (SSSR count). The van der Waals surface area contributed by atoms with Gasteiger partial charge in [0, 0.05) is 13.3 Å². The summed E-state index contributed by atoms with van der Waals surface area (Å²) in [4.78, 5) is 0. The minimum atomic E-state index is -0.314. The Labute approximate surface area is 73.1 Å². The van der Waals surface area contributed by atoms with Gasteiger partial charge in [0.15, 0.2) is 0 Å². The van der Waals surface area contributed by atoms with Gasteiger partial charge >= 0.3 is 0 Å². The number of hydrogen-bond acceptors (Lipinski definition) is 2. The molecule has 0 fully saturated rings. The Hall–Kier alpha value is -1.12. The van der Waals surface area contributed by atoms with Crippen LogP contribution in [-0.4, -0.2) is 18.3 Å². The molecular weight excluding hydrogens is 155 g/mol. The molecule has 0 aromatic carbocycles. The van der Waals surface area contributed by atoms with E-state index >= 15 is 0 Å². The maximum Gasteiger partial charge on any atom is 0.143 e. The summed E-state index contributed by atoms with van der Waals surface area (Å²) in [6.45, 7) is 7.02. The van der Waals surface area contributed by atoms with E-state index in [2.05, 4.69) is 11.7 Å². The van der Waals surface area contributed by atoms with Gasteiger partial charge in [0.2, 0.25) is 0 Å². The highest BCUT2D eigenvalue weighted by Gasteiger charge is 2.04. The Morgan fingerprint density at radius 1 is 1.67 bits per heavy atom. The summed E-state index contributed by atoms with van der Waals surface area (Å²) in [6.07, 6.45) is 3.41. The van der Waals surface area contributed by atoms with Crippen LogP contribution in [0.3, 0.4) is 0 Å². The Kier molecular flexibility index (Phi) is 5.00. The minimum Gasteiger partial charge on any atom is -0.270 e. The van der Waals surface area contributed by atoms with Gasteiger partial charge in [-0.25, -0.2) is 4.39 Å². The topological polar surface area (TPSA) is 15.6 Å². The molecule has 0 spiro atoms. The van der Waals surface area contributed by atoms with Gasteiger partial charge in [-0.1, -0.05) is 13.5 Å². The molecule has 2 nitrogen and oxygen atoms in total. The van der Waals surface area contributed by atoms with Crippen LogP contribution in [0.15, 0.2) is 29.3 Å². The van der Waals surface area contributed by atoms with Crippen LogP contribution in [0, 0.1) is 0 Å². The monoisotopic (exact) mass is 170 g/mol. The fourth-order valence-electron chi connectivity index (χ4n) is 0.913. The quantitative estimate of drug-likeness (QED) is 0.360. The minimum absolute atomic E-state index is 0.314. The van der Waals surface area contributed by atoms with Crippen LogP contribution >= 0.6 is 0 Å². The van der Waals surface area contributed by atoms with Crippen molar-refractivity contribution in [2.24, 2.45) is 5.10 Å². The molecule has 0 saturated carbocycles. The summed E-state index contributed by atoms with van der Waals surface area (Å²) in [7, 11) is 1.71. The molecule has 0 saturated heterocycles. The molecule has 0 heterocycles. The van der Waals surface area contributed by atoms with Crippen molar-refractivity contribution < 1.29 is 4.39 Å². The Morgan fingerprint density at radius 2 is 2.25 bits per heavy atom. The summed E-state index contributed by atoms with van der Waals surface area (Å²) < 4.78 is 13.0. The van der Waals surface area contributed by atoms with Crippen molar-refractivity contribution in [3.63, 3.8) is 0 Å². The maximum atomic E-state index is 13.0. The van der Waals surface area contributed by atoms with Gasteiger partial charge in [0.25, 0.3) is 0 Å². The standard InChI is InChI=1S/C9H15FN2/c1-5-8(10)9(6-2)12(4)11-7-3/h5,7H,1,6H2,2-4H3/b9-8-,11-7?. The first kappa shape index (κ1) is 10.9. The zero-order chi connectivity index (χ0) is 9.56. The Balaban J connectivity index is 4.65. The van der Waals surface area contributed by atoms with E-state index in [4.69, 9.17) is 0 Å². The number of nitrogens with zero attached hydrogens (tertiary/aromatic N) is 2. The van der Waals surface area contributed by atoms with Crippen LogP contribution in [0.2, 0.25) is 0 Å². The van der Waals surface area contributed by atoms with Crippen molar-refractivity contribution in [1.82, 2.24) is 5.01 Å². The second-order valence-electron chi connectivity index (χ2n) is 2.25. The Bertz CT molecular complexity index is 207. The third kappa shape index (κ3) is 2.86. The van der Waals surface area contributed by atoms with Gasteiger partial charge in [0.1, 0.15) is 5.83 Å². The first-order valence-electron chi connectivity index (χ1n) is 3.90. The van der Waals surface area contributed by atoms with Crippen molar-refractivity contribution in [3.8, 4) is 0 Å². The molecule has 68 valence electrons. The lowest BCUT2D eigenvalue weighted by Crippen LogP contribution is -2.11. The van der Waals surface area contributed by atoms with Gasteiger partial charge in [0.05, 0.1) is 5.70 Å². The lowest BCUT2D eigenvalue weighted by molar-refractivity contribution is 0.411. The third-order valence-electron chi connectivity index (χ3n) is 1.47. The molecule has 0 aromatic heterocycles. The largest absolute Gasteiger partial charge is 0.270 e. The highest BCUT2D eigenvalue weighted by Crippen LogP contribution is 2.14. The zero-order valence-electron chi connectivity index (χ0n) is 7.84. The van der Waals surface area contributed by atoms with E-state index in [0.717, 1.165) is 0 Å². The number of hydrazone groups is 1. The summed E-state index contributed by atoms with van der Waals surface area (Å²) in [5.74, 6) is -0.314. The predicted octanol–water partition coefficient (Wildman–Crippen LogP) is 2.70. The van der Waals surface area contributed by atoms with Crippen molar-refractivity contribution in [2.75, 3.05) is 7.05 Å². The van der Waals surface area contributed by atoms with Crippen LogP contribution in [0.1, 0.15) is 20.3 Å². The molecular formula is C9H15FN2. The van der Waals surface area contributed by atoms with Crippen LogP contribution in [0.4, 0.5) is 4.39 Å². The van der Waals surface area contributed by atoms with Gasteiger partial charge in [-0.3, -0.25) is 5.01 Å². The average Bonchev–Trinajstić information content (AvgIpc) is 2.06. The van der Waals surface area contributed by atoms with Crippen LogP contribution < -0.4 is 0 Å². The molecule has 0 radical (unpaired) electrons. The Morgan fingerprint density at radius 3 is 2.58 bits per heavy atom. The molecule has 12 heavy (non-hydrogen) atoms. The van der Waals surface area contributed by atoms with Gasteiger partial charge in [-0.2, -0.15) is 5.10 Å². The maximum absolute atomic E-state index is 13.0. The number of hydrogen-bond donors (Lipinski definition) is 0. The lowest BCUT2D eigenvalue weighted by atomic mass is 10.3. The number of halogens is 1. The normalized spacial score (nSPS) is 13.0. The molecule has 0 amide bonds. The van der Waals surface area contributed by atoms with E-state index in [-0.39, 0.29) is 5.83 Å². The first-order valence-corrected chi connectivity index (χ1v) is 3.90. The average molecular weight is 170 g/mol. The molecule has 0 unspecified atom stereocenters. The van der Waals surface area contributed by atoms with Crippen LogP contribution in [0.25, 0.3) is 0 Å². The van der Waals surface area contributed by atoms with E-state index in [1.165, 1.54) is 11.1 Å². The zero-order valence-corrected chi connectivity index (χ0v) is 7.84. The highest BCUT2D eigenvalue weighted by atomic mass is 19.1. The van der Waals surface area contributed by atoms with Crippen molar-refractivity contribution >= 4 is 6.21 Å². The molecule has 0 N–H and O–H groups in total. The van der Waals surface area contributed by atoms with E-state index in [1.807, 2.05) is 6.92 Å². The van der Waals surface area contributed by atoms with Crippen molar-refractivity contribution in [2.45, 2.75) is 20.3 Å². The molecule has 0 aromatic rings. The molecule has 0 aliphatic heterocycles. The molecule has 0 aliphatic rings. The van der Waals surface area contributed by atoms with Crippen LogP contribution in [-0.2, 0) is 0 Å². The van der Waals surface area contributed by atoms with Gasteiger partial charge < -0.3 is 0 Å². The van der Waals surface area contributed by atoms with E-state index in [1.54, 1.807) is 20.2 Å². The summed E-state index contributed by atoms with van der Waals surface area (Å²) >= 11 is 0. The SMILES string of the molecule is C=C/C(F)=C(\CC)N(C)N=CC. The van der Waals surface area contributed by atoms with E-state index in [9.17, 15) is 4.39 Å². The first-order chi connectivity index (χ1) is 5.67. The molecule has 0 bridgehead atoms. The predicted molar refractivity (Wildman–Crippen MR) is 50.6 cm³/mol. The van der Waals surface area contributed by atoms with E-state index in [0.29, 0.717) is 12.1 Å². The van der Waals surface area contributed by atoms with Crippen molar-refractivity contribution in [3.05, 3.63) is 24.2 Å². The van der Waals surface area contributed by atoms with Crippen LogP contribution in [0.5, 0.6) is 0 Å². The van der Waals surface area contributed by atoms with Gasteiger partial charge in [-0.05, 0) is 19.4 Å². The molecule has 0 aliphatic carbocycles. The summed E-state index contributed by atoms with van der Waals surface area (Å²) in [6, 6.07) is 0. The highest BCUT2D eigenvalue weighted by molar-refractivity contribution is 5.52. The lowest BCUT2D eigenvalue weighted by Gasteiger charge is -2.15. The number of allylic oxidation sites excluding steroid dienone is 3. The third-order valence-corrected chi connectivity index (χ3v) is 1.47. The fourth-order valence-corrected chi connectivity index (χ4v) is 0.913. The van der Waals surface area contributed by atoms with Gasteiger partial charge in [-0.15, -0.1) is 0 Å². The molecule has 3 heteroatoms. The smallest absolute Gasteiger partial charge is 0.143 e. The van der Waals surface area contributed by atoms with Crippen molar-refractivity contribution in [1.29, 1.82) is 0 Å². The number of rotatable bonds is 4. The second-order valence-corrected chi connectivity index (χ2v) is 2.25. The molecule has 0 atom stereocenters. The summed E-state index contributed by atoms with van der Waals surface area (Å²) in [5, 5.41) is 5.44. The van der Waals surface area contributed by atoms with E-state index < -0.39 is 0 Å². The summed E-state index contributed by atoms with van der Waals surface area (Å²) in [5.41, 5.74) is 0.545. The fraction of sp³-hybridized carbons (Fsp3) is 0.444. The second kappa shape index (κ2) is 5.52.